The molecule has 1 aromatic carbocycles. The highest BCUT2D eigenvalue weighted by Gasteiger charge is 2.15. The largest absolute Gasteiger partial charge is 0.333 e. The van der Waals surface area contributed by atoms with Crippen molar-refractivity contribution in [3.8, 4) is 0 Å². The first kappa shape index (κ1) is 12.4. The second kappa shape index (κ2) is 5.18. The van der Waals surface area contributed by atoms with Gasteiger partial charge in [-0.15, -0.1) is 0 Å². The Bertz CT molecular complexity index is 607. The molecular formula is C12H14N4O2S. The number of aromatic nitrogens is 2. The number of nitro groups is 1. The summed E-state index contributed by atoms with van der Waals surface area (Å²) in [7, 11) is 0. The molecule has 2 heterocycles. The van der Waals surface area contributed by atoms with Crippen molar-refractivity contribution in [2.75, 3.05) is 12.3 Å². The van der Waals surface area contributed by atoms with Crippen LogP contribution in [0.15, 0.2) is 23.4 Å². The lowest BCUT2D eigenvalue weighted by Gasteiger charge is -2.06. The van der Waals surface area contributed by atoms with Gasteiger partial charge in [-0.3, -0.25) is 10.1 Å². The second-order valence-corrected chi connectivity index (χ2v) is 5.61. The lowest BCUT2D eigenvalue weighted by molar-refractivity contribution is -0.384. The minimum Gasteiger partial charge on any atom is -0.333 e. The molecule has 0 saturated carbocycles. The molecule has 1 atom stereocenters. The normalized spacial score (nSPS) is 19.1. The Kier molecular flexibility index (Phi) is 3.39. The summed E-state index contributed by atoms with van der Waals surface area (Å²) in [5.74, 6) is 0.974. The third kappa shape index (κ3) is 2.71. The van der Waals surface area contributed by atoms with Crippen molar-refractivity contribution < 1.29 is 4.92 Å². The van der Waals surface area contributed by atoms with Crippen molar-refractivity contribution in [2.24, 2.45) is 0 Å². The third-order valence-electron chi connectivity index (χ3n) is 3.24. The van der Waals surface area contributed by atoms with E-state index in [4.69, 9.17) is 0 Å². The fourth-order valence-electron chi connectivity index (χ4n) is 2.23. The maximum atomic E-state index is 10.7. The molecule has 0 bridgehead atoms. The van der Waals surface area contributed by atoms with E-state index in [0.717, 1.165) is 28.5 Å². The van der Waals surface area contributed by atoms with E-state index in [1.165, 1.54) is 25.0 Å². The van der Waals surface area contributed by atoms with E-state index in [1.807, 2.05) is 0 Å². The Morgan fingerprint density at radius 3 is 3.16 bits per heavy atom. The number of hydrogen-bond donors (Lipinski definition) is 2. The van der Waals surface area contributed by atoms with Crippen LogP contribution < -0.4 is 5.32 Å². The van der Waals surface area contributed by atoms with Crippen LogP contribution in [0.1, 0.15) is 12.8 Å². The molecule has 0 amide bonds. The van der Waals surface area contributed by atoms with Gasteiger partial charge in [0.2, 0.25) is 0 Å². The zero-order valence-electron chi connectivity index (χ0n) is 10.3. The number of fused-ring (bicyclic) bond motifs is 1. The fraction of sp³-hybridized carbons (Fsp3) is 0.417. The van der Waals surface area contributed by atoms with Crippen LogP contribution in [0.4, 0.5) is 5.69 Å². The Labute approximate surface area is 114 Å². The van der Waals surface area contributed by atoms with Crippen LogP contribution >= 0.6 is 11.8 Å². The van der Waals surface area contributed by atoms with Crippen molar-refractivity contribution in [2.45, 2.75) is 24.0 Å². The number of hydrogen-bond acceptors (Lipinski definition) is 5. The molecule has 0 radical (unpaired) electrons. The predicted molar refractivity (Wildman–Crippen MR) is 74.5 cm³/mol. The molecule has 100 valence electrons. The second-order valence-electron chi connectivity index (χ2n) is 4.60. The molecule has 19 heavy (non-hydrogen) atoms. The minimum absolute atomic E-state index is 0.0881. The van der Waals surface area contributed by atoms with Gasteiger partial charge >= 0.3 is 0 Å². The molecule has 2 aromatic rings. The summed E-state index contributed by atoms with van der Waals surface area (Å²) in [5.41, 5.74) is 1.58. The molecule has 7 heteroatoms. The Morgan fingerprint density at radius 1 is 1.53 bits per heavy atom. The average molecular weight is 278 g/mol. The van der Waals surface area contributed by atoms with Crippen molar-refractivity contribution in [3.05, 3.63) is 28.3 Å². The predicted octanol–water partition coefficient (Wildman–Crippen LogP) is 2.32. The SMILES string of the molecule is O=[N+]([O-])c1ccc2nc(SC[C@@H]3CCCN3)[nH]c2c1. The molecule has 1 aliphatic rings. The van der Waals surface area contributed by atoms with Gasteiger partial charge < -0.3 is 10.3 Å². The van der Waals surface area contributed by atoms with Gasteiger partial charge in [0.1, 0.15) is 0 Å². The standard InChI is InChI=1S/C12H14N4O2S/c17-16(18)9-3-4-10-11(6-9)15-12(14-10)19-7-8-2-1-5-13-8/h3-4,6,8,13H,1-2,5,7H2,(H,14,15)/t8-/m0/s1. The highest BCUT2D eigenvalue weighted by Crippen LogP contribution is 2.24. The maximum Gasteiger partial charge on any atom is 0.271 e. The van der Waals surface area contributed by atoms with Gasteiger partial charge in [-0.05, 0) is 25.5 Å². The number of non-ortho nitro benzene ring substituents is 1. The van der Waals surface area contributed by atoms with Gasteiger partial charge in [-0.2, -0.15) is 0 Å². The lowest BCUT2D eigenvalue weighted by Crippen LogP contribution is -2.23. The summed E-state index contributed by atoms with van der Waals surface area (Å²) in [6.45, 7) is 1.09. The van der Waals surface area contributed by atoms with Crippen LogP contribution in [-0.4, -0.2) is 33.2 Å². The first-order valence-electron chi connectivity index (χ1n) is 6.23. The van der Waals surface area contributed by atoms with Crippen molar-refractivity contribution >= 4 is 28.5 Å². The number of aromatic amines is 1. The third-order valence-corrected chi connectivity index (χ3v) is 4.27. The van der Waals surface area contributed by atoms with Gasteiger partial charge in [-0.1, -0.05) is 11.8 Å². The summed E-state index contributed by atoms with van der Waals surface area (Å²) >= 11 is 1.66. The molecule has 0 spiro atoms. The number of benzene rings is 1. The number of imidazole rings is 1. The lowest BCUT2D eigenvalue weighted by atomic mass is 10.3. The summed E-state index contributed by atoms with van der Waals surface area (Å²) < 4.78 is 0. The van der Waals surface area contributed by atoms with Crippen molar-refractivity contribution in [1.82, 2.24) is 15.3 Å². The Morgan fingerprint density at radius 2 is 2.42 bits per heavy atom. The van der Waals surface area contributed by atoms with Crippen LogP contribution in [0.2, 0.25) is 0 Å². The number of rotatable bonds is 4. The number of nitro benzene ring substituents is 1. The molecule has 6 nitrogen and oxygen atoms in total. The van der Waals surface area contributed by atoms with Gasteiger partial charge in [0, 0.05) is 23.9 Å². The topological polar surface area (TPSA) is 83.8 Å². The first-order valence-corrected chi connectivity index (χ1v) is 7.21. The molecule has 0 unspecified atom stereocenters. The van der Waals surface area contributed by atoms with Gasteiger partial charge in [0.25, 0.3) is 5.69 Å². The van der Waals surface area contributed by atoms with E-state index in [-0.39, 0.29) is 5.69 Å². The Hall–Kier alpha value is -1.60. The zero-order valence-corrected chi connectivity index (χ0v) is 11.1. The van der Waals surface area contributed by atoms with E-state index >= 15 is 0 Å². The van der Waals surface area contributed by atoms with E-state index < -0.39 is 4.92 Å². The molecular weight excluding hydrogens is 264 g/mol. The quantitative estimate of drug-likeness (QED) is 0.509. The first-order chi connectivity index (χ1) is 9.22. The number of H-pyrrole nitrogens is 1. The van der Waals surface area contributed by atoms with Gasteiger partial charge in [0.05, 0.1) is 16.0 Å². The molecule has 1 saturated heterocycles. The van der Waals surface area contributed by atoms with Crippen LogP contribution in [0, 0.1) is 10.1 Å². The molecule has 3 rings (SSSR count). The maximum absolute atomic E-state index is 10.7. The number of thioether (sulfide) groups is 1. The van der Waals surface area contributed by atoms with Gasteiger partial charge in [-0.25, -0.2) is 4.98 Å². The fourth-order valence-corrected chi connectivity index (χ4v) is 3.22. The van der Waals surface area contributed by atoms with Crippen LogP contribution in [0.5, 0.6) is 0 Å². The van der Waals surface area contributed by atoms with Crippen LogP contribution in [-0.2, 0) is 0 Å². The van der Waals surface area contributed by atoms with Crippen molar-refractivity contribution in [1.29, 1.82) is 0 Å². The van der Waals surface area contributed by atoms with E-state index in [9.17, 15) is 10.1 Å². The molecule has 0 aliphatic carbocycles. The molecule has 1 aromatic heterocycles. The molecule has 2 N–H and O–H groups in total. The average Bonchev–Trinajstić information content (AvgIpc) is 3.04. The van der Waals surface area contributed by atoms with E-state index in [2.05, 4.69) is 15.3 Å². The van der Waals surface area contributed by atoms with Gasteiger partial charge in [0.15, 0.2) is 5.16 Å². The summed E-state index contributed by atoms with van der Waals surface area (Å²) in [4.78, 5) is 17.9. The number of nitrogens with zero attached hydrogens (tertiary/aromatic N) is 2. The summed E-state index contributed by atoms with van der Waals surface area (Å²) in [6, 6.07) is 5.24. The minimum atomic E-state index is -0.393. The summed E-state index contributed by atoms with van der Waals surface area (Å²) in [6.07, 6.45) is 2.44. The zero-order chi connectivity index (χ0) is 13.2. The van der Waals surface area contributed by atoms with E-state index in [1.54, 1.807) is 17.8 Å². The smallest absolute Gasteiger partial charge is 0.271 e. The monoisotopic (exact) mass is 278 g/mol. The molecule has 1 fully saturated rings. The van der Waals surface area contributed by atoms with E-state index in [0.29, 0.717) is 6.04 Å². The van der Waals surface area contributed by atoms with Crippen molar-refractivity contribution in [3.63, 3.8) is 0 Å². The Balaban J connectivity index is 1.75. The molecule has 1 aliphatic heterocycles. The van der Waals surface area contributed by atoms with Crippen LogP contribution in [0.3, 0.4) is 0 Å². The summed E-state index contributed by atoms with van der Waals surface area (Å²) in [5, 5.41) is 15.0. The highest BCUT2D eigenvalue weighted by atomic mass is 32.2. The highest BCUT2D eigenvalue weighted by molar-refractivity contribution is 7.99. The van der Waals surface area contributed by atoms with Crippen LogP contribution in [0.25, 0.3) is 11.0 Å². The number of nitrogens with one attached hydrogen (secondary N) is 2.